The van der Waals surface area contributed by atoms with E-state index >= 15 is 0 Å². The van der Waals surface area contributed by atoms with Crippen LogP contribution in [0.2, 0.25) is 20.1 Å². The molecule has 1 atom stereocenters. The van der Waals surface area contributed by atoms with Crippen molar-refractivity contribution in [2.45, 2.75) is 97.6 Å². The van der Waals surface area contributed by atoms with E-state index in [1.165, 1.54) is 16.6 Å². The summed E-state index contributed by atoms with van der Waals surface area (Å²) in [5.74, 6) is 0.277. The molecule has 50 heavy (non-hydrogen) atoms. The Bertz CT molecular complexity index is 2290. The first-order valence-electron chi connectivity index (χ1n) is 17.7. The molecule has 3 aromatic rings. The number of carboxylic acid groups (broad SMARTS) is 1. The van der Waals surface area contributed by atoms with Gasteiger partial charge in [-0.25, -0.2) is 9.37 Å². The molecule has 8 rings (SSSR count). The lowest BCUT2D eigenvalue weighted by atomic mass is 9.78. The molecule has 0 spiro atoms. The van der Waals surface area contributed by atoms with Crippen LogP contribution in [0.1, 0.15) is 117 Å². The number of rotatable bonds is 5. The highest BCUT2D eigenvalue weighted by molar-refractivity contribution is 6.53. The number of hydrogen-bond donors (Lipinski definition) is 1. The quantitative estimate of drug-likeness (QED) is 0.125. The molecular formula is C41H41Cl4N2O3+. The summed E-state index contributed by atoms with van der Waals surface area (Å²) in [6.07, 6.45) is 11.7. The fourth-order valence-corrected chi connectivity index (χ4v) is 10.5. The molecule has 1 unspecified atom stereocenters. The van der Waals surface area contributed by atoms with E-state index in [0.717, 1.165) is 108 Å². The number of nitrogens with zero attached hydrogens (tertiary/aromatic N) is 2. The van der Waals surface area contributed by atoms with Crippen molar-refractivity contribution in [2.75, 3.05) is 18.0 Å². The first-order chi connectivity index (χ1) is 23.7. The van der Waals surface area contributed by atoms with Gasteiger partial charge in [0.2, 0.25) is 5.36 Å². The molecule has 1 N–H and O–H groups in total. The Morgan fingerprint density at radius 3 is 2.32 bits per heavy atom. The topological polar surface area (TPSA) is 52.8 Å². The summed E-state index contributed by atoms with van der Waals surface area (Å²) in [5.41, 5.74) is 9.29. The van der Waals surface area contributed by atoms with Crippen LogP contribution in [0, 0.1) is 0 Å². The SMILES string of the molecule is CCCCC1(C)C=C(C)c2cc3c(c4c2=[N+]1CCC4)Oc1c(cc2c4c1CCCN4C(C)(C)C=C2C)C=3c1c(Cl)c(Cl)c(Cl)c(Cl)c1C(=O)O. The molecule has 0 saturated carbocycles. The molecule has 0 aromatic heterocycles. The summed E-state index contributed by atoms with van der Waals surface area (Å²) >= 11 is 27.2. The Labute approximate surface area is 313 Å². The minimum atomic E-state index is -1.23. The largest absolute Gasteiger partial charge is 0.478 e. The van der Waals surface area contributed by atoms with E-state index in [9.17, 15) is 9.90 Å². The number of halogens is 4. The van der Waals surface area contributed by atoms with Gasteiger partial charge in [0.25, 0.3) is 0 Å². The maximum Gasteiger partial charge on any atom is 0.337 e. The van der Waals surface area contributed by atoms with Crippen molar-refractivity contribution in [1.29, 1.82) is 0 Å². The molecule has 5 aliphatic rings. The second kappa shape index (κ2) is 11.8. The highest BCUT2D eigenvalue weighted by atomic mass is 35.5. The van der Waals surface area contributed by atoms with Crippen molar-refractivity contribution >= 4 is 74.8 Å². The van der Waals surface area contributed by atoms with Crippen molar-refractivity contribution in [1.82, 2.24) is 4.58 Å². The van der Waals surface area contributed by atoms with Gasteiger partial charge in [-0.15, -0.1) is 0 Å². The van der Waals surface area contributed by atoms with E-state index in [1.54, 1.807) is 0 Å². The van der Waals surface area contributed by atoms with Crippen molar-refractivity contribution in [3.63, 3.8) is 0 Å². The zero-order valence-electron chi connectivity index (χ0n) is 29.3. The van der Waals surface area contributed by atoms with Crippen molar-refractivity contribution in [2.24, 2.45) is 0 Å². The van der Waals surface area contributed by atoms with E-state index in [-0.39, 0.29) is 42.3 Å². The van der Waals surface area contributed by atoms with E-state index in [2.05, 4.69) is 75.3 Å². The number of unbranched alkanes of at least 4 members (excludes halogenated alkanes) is 1. The maximum absolute atomic E-state index is 13.2. The van der Waals surface area contributed by atoms with Gasteiger partial charge in [0, 0.05) is 64.9 Å². The predicted molar refractivity (Wildman–Crippen MR) is 207 cm³/mol. The van der Waals surface area contributed by atoms with Crippen LogP contribution in [-0.4, -0.2) is 35.2 Å². The Hall–Kier alpha value is -2.96. The average Bonchev–Trinajstić information content (AvgIpc) is 3.08. The molecule has 0 fully saturated rings. The van der Waals surface area contributed by atoms with Crippen LogP contribution < -0.4 is 24.8 Å². The molecule has 0 radical (unpaired) electrons. The van der Waals surface area contributed by atoms with Crippen LogP contribution in [-0.2, 0) is 12.8 Å². The van der Waals surface area contributed by atoms with Crippen LogP contribution in [0.4, 0.5) is 5.69 Å². The van der Waals surface area contributed by atoms with Crippen molar-refractivity contribution < 1.29 is 14.6 Å². The number of benzene rings is 3. The van der Waals surface area contributed by atoms with E-state index in [1.807, 2.05) is 0 Å². The van der Waals surface area contributed by atoms with Crippen LogP contribution >= 0.6 is 46.4 Å². The minimum Gasteiger partial charge on any atom is -0.478 e. The summed E-state index contributed by atoms with van der Waals surface area (Å²) < 4.78 is 9.87. The molecule has 9 heteroatoms. The summed E-state index contributed by atoms with van der Waals surface area (Å²) in [6.45, 7) is 15.4. The molecule has 3 aromatic carbocycles. The lowest BCUT2D eigenvalue weighted by molar-refractivity contribution is 0.0696. The molecule has 0 aliphatic carbocycles. The third kappa shape index (κ3) is 4.72. The number of allylic oxidation sites excluding steroid dienone is 2. The van der Waals surface area contributed by atoms with Gasteiger partial charge in [-0.2, -0.15) is 0 Å². The Balaban J connectivity index is 1.59. The van der Waals surface area contributed by atoms with Crippen LogP contribution in [0.15, 0.2) is 24.3 Å². The third-order valence-electron chi connectivity index (χ3n) is 11.6. The van der Waals surface area contributed by atoms with Crippen LogP contribution in [0.5, 0.6) is 11.5 Å². The lowest BCUT2D eigenvalue weighted by Crippen LogP contribution is -2.54. The zero-order chi connectivity index (χ0) is 35.6. The molecule has 260 valence electrons. The monoisotopic (exact) mass is 749 g/mol. The van der Waals surface area contributed by atoms with Crippen molar-refractivity contribution in [3.05, 3.63) is 93.9 Å². The number of carboxylic acids is 1. The normalized spacial score (nSPS) is 21.0. The third-order valence-corrected chi connectivity index (χ3v) is 13.4. The standard InChI is InChI=1S/C41H40Cl4N2O3/c1-7-8-13-41(6)19-21(3)25-17-27-28(29-30(39(48)49)32(43)34(45)33(44)31(29)42)26-16-24-20(2)18-40(4,5)46-14-9-11-22(35(24)46)37(26)50-38(27)23-12-10-15-47(41)36(23)25/h16-19H,7-15H2,1-6H3/p+1. The van der Waals surface area contributed by atoms with Gasteiger partial charge in [-0.1, -0.05) is 65.8 Å². The number of ether oxygens (including phenoxy) is 1. The molecule has 0 saturated heterocycles. The molecule has 5 aliphatic heterocycles. The van der Waals surface area contributed by atoms with E-state index < -0.39 is 5.97 Å². The van der Waals surface area contributed by atoms with Gasteiger partial charge in [-0.05, 0) is 82.7 Å². The fourth-order valence-electron chi connectivity index (χ4n) is 9.48. The van der Waals surface area contributed by atoms with Gasteiger partial charge in [0.05, 0.1) is 42.4 Å². The van der Waals surface area contributed by atoms with Crippen LogP contribution in [0.3, 0.4) is 0 Å². The number of aromatic carboxylic acids is 1. The van der Waals surface area contributed by atoms with E-state index in [4.69, 9.17) is 51.1 Å². The first kappa shape index (κ1) is 34.1. The van der Waals surface area contributed by atoms with Gasteiger partial charge in [0.1, 0.15) is 18.0 Å². The number of fused-ring (bicyclic) bond motifs is 4. The molecule has 0 amide bonds. The summed E-state index contributed by atoms with van der Waals surface area (Å²) in [5, 5.41) is 12.6. The second-order valence-electron chi connectivity index (χ2n) is 15.3. The summed E-state index contributed by atoms with van der Waals surface area (Å²) in [6, 6.07) is 4.34. The summed E-state index contributed by atoms with van der Waals surface area (Å²) in [7, 11) is 0. The number of anilines is 1. The first-order valence-corrected chi connectivity index (χ1v) is 19.2. The molecule has 5 heterocycles. The fraction of sp³-hybridized carbons (Fsp3) is 0.415. The highest BCUT2D eigenvalue weighted by Crippen LogP contribution is 2.54. The molecule has 0 bridgehead atoms. The number of carbonyl (C=O) groups is 1. The molecular weight excluding hydrogens is 710 g/mol. The van der Waals surface area contributed by atoms with Gasteiger partial charge >= 0.3 is 5.97 Å². The number of hydrogen-bond acceptors (Lipinski definition) is 3. The smallest absolute Gasteiger partial charge is 0.337 e. The van der Waals surface area contributed by atoms with Gasteiger partial charge in [0.15, 0.2) is 5.54 Å². The van der Waals surface area contributed by atoms with Gasteiger partial charge < -0.3 is 14.7 Å². The Morgan fingerprint density at radius 1 is 0.900 bits per heavy atom. The molecule has 5 nitrogen and oxygen atoms in total. The van der Waals surface area contributed by atoms with Gasteiger partial charge in [-0.3, -0.25) is 0 Å². The average molecular weight is 752 g/mol. The van der Waals surface area contributed by atoms with Crippen molar-refractivity contribution in [3.8, 4) is 11.5 Å². The predicted octanol–water partition coefficient (Wildman–Crippen LogP) is 10.1. The Morgan fingerprint density at radius 2 is 1.60 bits per heavy atom. The lowest BCUT2D eigenvalue weighted by Gasteiger charge is -2.47. The zero-order valence-corrected chi connectivity index (χ0v) is 32.4. The highest BCUT2D eigenvalue weighted by Gasteiger charge is 2.44. The second-order valence-corrected chi connectivity index (χ2v) is 16.8. The summed E-state index contributed by atoms with van der Waals surface area (Å²) in [4.78, 5) is 15.6. The van der Waals surface area contributed by atoms with E-state index in [0.29, 0.717) is 5.57 Å². The van der Waals surface area contributed by atoms with Crippen LogP contribution in [0.25, 0.3) is 16.7 Å². The minimum absolute atomic E-state index is 0.0250. The Kier molecular flexibility index (Phi) is 8.04. The maximum atomic E-state index is 13.2.